The second kappa shape index (κ2) is 7.81. The van der Waals surface area contributed by atoms with Crippen molar-refractivity contribution in [3.63, 3.8) is 0 Å². The van der Waals surface area contributed by atoms with Crippen molar-refractivity contribution >= 4 is 43.6 Å². The molecule has 0 radical (unpaired) electrons. The Kier molecular flexibility index (Phi) is 4.42. The molecule has 7 aromatic rings. The summed E-state index contributed by atoms with van der Waals surface area (Å²) in [4.78, 5) is 0. The minimum absolute atomic E-state index is 0.281. The Hall–Kier alpha value is -5.39. The fraction of sp³-hybridized carbons (Fsp3) is 0. The van der Waals surface area contributed by atoms with E-state index in [1.54, 1.807) is 24.3 Å². The van der Waals surface area contributed by atoms with E-state index in [0.29, 0.717) is 11.1 Å². The lowest BCUT2D eigenvalue weighted by Gasteiger charge is -2.11. The number of nitrogens with zero attached hydrogens (tertiary/aromatic N) is 4. The van der Waals surface area contributed by atoms with Crippen LogP contribution in [0.4, 0.5) is 4.39 Å². The van der Waals surface area contributed by atoms with E-state index in [1.165, 1.54) is 12.1 Å². The van der Waals surface area contributed by atoms with Gasteiger partial charge in [-0.25, -0.2) is 4.39 Å². The van der Waals surface area contributed by atoms with E-state index >= 15 is 0 Å². The quantitative estimate of drug-likeness (QED) is 0.256. The molecule has 0 N–H and O–H groups in total. The monoisotopic (exact) mass is 476 g/mol. The average molecular weight is 477 g/mol. The first-order chi connectivity index (χ1) is 18.2. The van der Waals surface area contributed by atoms with Crippen LogP contribution >= 0.6 is 0 Å². The van der Waals surface area contributed by atoms with Gasteiger partial charge in [-0.2, -0.15) is 10.5 Å². The molecule has 5 heteroatoms. The highest BCUT2D eigenvalue weighted by Gasteiger charge is 2.19. The summed E-state index contributed by atoms with van der Waals surface area (Å²) in [7, 11) is 0. The highest BCUT2D eigenvalue weighted by Crippen LogP contribution is 2.39. The summed E-state index contributed by atoms with van der Waals surface area (Å²) in [5, 5.41) is 23.7. The largest absolute Gasteiger partial charge is 0.309 e. The van der Waals surface area contributed by atoms with Crippen LogP contribution in [-0.2, 0) is 0 Å². The number of halogens is 1. The van der Waals surface area contributed by atoms with Crippen LogP contribution < -0.4 is 0 Å². The smallest absolute Gasteiger partial charge is 0.123 e. The maximum absolute atomic E-state index is 13.8. The zero-order chi connectivity index (χ0) is 25.1. The molecule has 2 heterocycles. The first kappa shape index (κ1) is 20.9. The second-order valence-electron chi connectivity index (χ2n) is 9.02. The number of benzene rings is 5. The van der Waals surface area contributed by atoms with E-state index in [1.807, 2.05) is 36.4 Å². The SMILES string of the molecule is N#Cc1ccc(-n2c3ccccc3c3cc4c5ccccc5n(-c5ccc(F)cc5)c4cc32)c(C#N)c1. The summed E-state index contributed by atoms with van der Waals surface area (Å²) in [5.74, 6) is -0.281. The fourth-order valence-electron chi connectivity index (χ4n) is 5.45. The van der Waals surface area contributed by atoms with Gasteiger partial charge in [-0.15, -0.1) is 0 Å². The Morgan fingerprint density at radius 1 is 0.541 bits per heavy atom. The van der Waals surface area contributed by atoms with Crippen molar-refractivity contribution < 1.29 is 4.39 Å². The predicted octanol–water partition coefficient (Wildman–Crippen LogP) is 7.76. The molecule has 0 atom stereocenters. The molecular formula is C32H17FN4. The number of hydrogen-bond donors (Lipinski definition) is 0. The molecule has 0 aliphatic heterocycles. The molecule has 0 fully saturated rings. The Balaban J connectivity index is 1.67. The number of nitriles is 2. The average Bonchev–Trinajstić information content (AvgIpc) is 3.44. The third-order valence-corrected chi connectivity index (χ3v) is 7.04. The van der Waals surface area contributed by atoms with Crippen LogP contribution in [-0.4, -0.2) is 9.13 Å². The van der Waals surface area contributed by atoms with Crippen molar-refractivity contribution in [2.45, 2.75) is 0 Å². The number of fused-ring (bicyclic) bond motifs is 6. The van der Waals surface area contributed by atoms with E-state index in [4.69, 9.17) is 0 Å². The van der Waals surface area contributed by atoms with Gasteiger partial charge in [0.1, 0.15) is 11.9 Å². The van der Waals surface area contributed by atoms with Crippen molar-refractivity contribution in [3.8, 4) is 23.5 Å². The van der Waals surface area contributed by atoms with E-state index < -0.39 is 0 Å². The summed E-state index contributed by atoms with van der Waals surface area (Å²) < 4.78 is 18.0. The van der Waals surface area contributed by atoms with Crippen LogP contribution in [0.25, 0.3) is 55.0 Å². The standard InChI is InChI=1S/C32H17FN4/c33-22-10-12-23(13-11-22)36-29-7-3-1-5-24(29)26-16-27-25-6-2-4-8-30(25)37(32(27)17-31(26)36)28-14-9-20(18-34)15-21(28)19-35/h1-17H. The van der Waals surface area contributed by atoms with Crippen molar-refractivity contribution in [2.75, 3.05) is 0 Å². The molecule has 7 rings (SSSR count). The minimum Gasteiger partial charge on any atom is -0.309 e. The Bertz CT molecular complexity index is 2120. The van der Waals surface area contributed by atoms with Gasteiger partial charge in [-0.05, 0) is 66.7 Å². The predicted molar refractivity (Wildman–Crippen MR) is 145 cm³/mol. The topological polar surface area (TPSA) is 57.4 Å². The van der Waals surface area contributed by atoms with Crippen LogP contribution in [0.3, 0.4) is 0 Å². The Labute approximate surface area is 211 Å². The molecule has 0 aliphatic carbocycles. The first-order valence-electron chi connectivity index (χ1n) is 11.8. The summed E-state index contributed by atoms with van der Waals surface area (Å²) >= 11 is 0. The molecule has 5 aromatic carbocycles. The molecule has 37 heavy (non-hydrogen) atoms. The molecular weight excluding hydrogens is 459 g/mol. The maximum Gasteiger partial charge on any atom is 0.123 e. The molecule has 0 bridgehead atoms. The molecule has 0 unspecified atom stereocenters. The highest BCUT2D eigenvalue weighted by molar-refractivity contribution is 6.19. The van der Waals surface area contributed by atoms with E-state index in [-0.39, 0.29) is 5.82 Å². The van der Waals surface area contributed by atoms with Gasteiger partial charge in [-0.1, -0.05) is 36.4 Å². The summed E-state index contributed by atoms with van der Waals surface area (Å²) in [6.07, 6.45) is 0. The van der Waals surface area contributed by atoms with Crippen LogP contribution in [0.2, 0.25) is 0 Å². The summed E-state index contributed by atoms with van der Waals surface area (Å²) in [6, 6.07) is 36.8. The molecule has 0 amide bonds. The third kappa shape index (κ3) is 2.99. The second-order valence-corrected chi connectivity index (χ2v) is 9.02. The van der Waals surface area contributed by atoms with Crippen LogP contribution in [0, 0.1) is 28.5 Å². The van der Waals surface area contributed by atoms with Gasteiger partial charge in [0.15, 0.2) is 0 Å². The van der Waals surface area contributed by atoms with Crippen molar-refractivity contribution in [2.24, 2.45) is 0 Å². The van der Waals surface area contributed by atoms with Gasteiger partial charge in [0.05, 0.1) is 45.0 Å². The first-order valence-corrected chi connectivity index (χ1v) is 11.8. The van der Waals surface area contributed by atoms with E-state index in [0.717, 1.165) is 55.0 Å². The van der Waals surface area contributed by atoms with Gasteiger partial charge in [0.25, 0.3) is 0 Å². The molecule has 172 valence electrons. The number of aromatic nitrogens is 2. The molecule has 0 spiro atoms. The number of rotatable bonds is 2. The Morgan fingerprint density at radius 3 is 1.81 bits per heavy atom. The normalized spacial score (nSPS) is 11.3. The van der Waals surface area contributed by atoms with Crippen molar-refractivity contribution in [1.82, 2.24) is 9.13 Å². The van der Waals surface area contributed by atoms with Crippen LogP contribution in [0.5, 0.6) is 0 Å². The van der Waals surface area contributed by atoms with Gasteiger partial charge >= 0.3 is 0 Å². The van der Waals surface area contributed by atoms with E-state index in [2.05, 4.69) is 51.6 Å². The Morgan fingerprint density at radius 2 is 1.16 bits per heavy atom. The van der Waals surface area contributed by atoms with Crippen LogP contribution in [0.1, 0.15) is 11.1 Å². The third-order valence-electron chi connectivity index (χ3n) is 7.04. The number of hydrogen-bond acceptors (Lipinski definition) is 2. The molecule has 0 aliphatic rings. The number of para-hydroxylation sites is 2. The van der Waals surface area contributed by atoms with E-state index in [9.17, 15) is 14.9 Å². The van der Waals surface area contributed by atoms with Crippen LogP contribution in [0.15, 0.2) is 103 Å². The minimum atomic E-state index is -0.281. The van der Waals surface area contributed by atoms with Gasteiger partial charge < -0.3 is 9.13 Å². The molecule has 0 saturated carbocycles. The zero-order valence-electron chi connectivity index (χ0n) is 19.5. The van der Waals surface area contributed by atoms with Crippen molar-refractivity contribution in [3.05, 3.63) is 120 Å². The molecule has 4 nitrogen and oxygen atoms in total. The van der Waals surface area contributed by atoms with Gasteiger partial charge in [0, 0.05) is 27.2 Å². The van der Waals surface area contributed by atoms with Crippen molar-refractivity contribution in [1.29, 1.82) is 10.5 Å². The summed E-state index contributed by atoms with van der Waals surface area (Å²) in [5.41, 5.74) is 6.40. The lowest BCUT2D eigenvalue weighted by Crippen LogP contribution is -1.99. The molecule has 2 aromatic heterocycles. The highest BCUT2D eigenvalue weighted by atomic mass is 19.1. The maximum atomic E-state index is 13.8. The van der Waals surface area contributed by atoms with Gasteiger partial charge in [0.2, 0.25) is 0 Å². The van der Waals surface area contributed by atoms with Gasteiger partial charge in [-0.3, -0.25) is 0 Å². The molecule has 0 saturated heterocycles. The zero-order valence-corrected chi connectivity index (χ0v) is 19.5. The summed E-state index contributed by atoms with van der Waals surface area (Å²) in [6.45, 7) is 0. The fourth-order valence-corrected chi connectivity index (χ4v) is 5.45. The lowest BCUT2D eigenvalue weighted by molar-refractivity contribution is 0.627. The lowest BCUT2D eigenvalue weighted by atomic mass is 10.1.